The third-order valence-corrected chi connectivity index (χ3v) is 6.46. The average Bonchev–Trinajstić information content (AvgIpc) is 2.71. The highest BCUT2D eigenvalue weighted by Crippen LogP contribution is 2.15. The maximum atomic E-state index is 2.30. The number of quaternary nitrogens is 1. The Morgan fingerprint density at radius 3 is 0.433 bits per heavy atom. The molecule has 0 spiro atoms. The van der Waals surface area contributed by atoms with Crippen molar-refractivity contribution >= 4 is 0 Å². The molecule has 0 rings (SSSR count). The zero-order valence-corrected chi connectivity index (χ0v) is 22.5. The van der Waals surface area contributed by atoms with Crippen LogP contribution in [0.1, 0.15) is 181 Å². The van der Waals surface area contributed by atoms with E-state index in [2.05, 4.69) is 13.8 Å². The number of halogens is 1. The molecule has 0 aliphatic rings. The molecule has 0 saturated carbocycles. The van der Waals surface area contributed by atoms with E-state index < -0.39 is 0 Å². The Hall–Kier alpha value is 0.250. The van der Waals surface area contributed by atoms with E-state index in [-0.39, 0.29) is 18.6 Å². The smallest absolute Gasteiger partial charge is 0.0533 e. The second-order valence-electron chi connectivity index (χ2n) is 9.49. The summed E-state index contributed by atoms with van der Waals surface area (Å²) in [5.74, 6) is 0. The molecule has 0 unspecified atom stereocenters. The summed E-state index contributed by atoms with van der Waals surface area (Å²) in [5, 5.41) is 0. The second kappa shape index (κ2) is 33.9. The van der Waals surface area contributed by atoms with Crippen molar-refractivity contribution in [3.8, 4) is 0 Å². The van der Waals surface area contributed by atoms with Gasteiger partial charge in [0.05, 0.1) is 0 Å². The van der Waals surface area contributed by atoms with Gasteiger partial charge in [-0.2, -0.15) is 0 Å². The fourth-order valence-corrected chi connectivity index (χ4v) is 4.39. The summed E-state index contributed by atoms with van der Waals surface area (Å²) >= 11 is 0. The van der Waals surface area contributed by atoms with Gasteiger partial charge in [-0.15, -0.1) is 0 Å². The molecular weight excluding hydrogens is 386 g/mol. The van der Waals surface area contributed by atoms with Gasteiger partial charge in [-0.25, -0.2) is 0 Å². The Bertz CT molecular complexity index is 231. The van der Waals surface area contributed by atoms with Crippen LogP contribution in [0.4, 0.5) is 0 Å². The normalized spacial score (nSPS) is 10.6. The van der Waals surface area contributed by atoms with Crippen molar-refractivity contribution in [2.75, 3.05) is 0 Å². The van der Waals surface area contributed by atoms with Crippen molar-refractivity contribution in [1.82, 2.24) is 6.15 Å². The maximum Gasteiger partial charge on any atom is -0.0533 e. The van der Waals surface area contributed by atoms with Crippen molar-refractivity contribution in [2.24, 2.45) is 0 Å². The summed E-state index contributed by atoms with van der Waals surface area (Å²) in [5.41, 5.74) is 0. The highest BCUT2D eigenvalue weighted by Gasteiger charge is 1.96. The van der Waals surface area contributed by atoms with Crippen LogP contribution in [0.3, 0.4) is 0 Å². The molecule has 0 radical (unpaired) electrons. The quantitative estimate of drug-likeness (QED) is 0.136. The number of hydrogen-bond donors (Lipinski definition) is 1. The fraction of sp³-hybridized carbons (Fsp3) is 1.00. The summed E-state index contributed by atoms with van der Waals surface area (Å²) in [6, 6.07) is 0. The number of hydrogen-bond acceptors (Lipinski definition) is 0. The predicted octanol–water partition coefficient (Wildman–Crippen LogP) is 8.55. The van der Waals surface area contributed by atoms with E-state index in [0.29, 0.717) is 0 Å². The summed E-state index contributed by atoms with van der Waals surface area (Å²) < 4.78 is 0. The maximum absolute atomic E-state index is 2.30. The predicted molar refractivity (Wildman–Crippen MR) is 137 cm³/mol. The SMILES string of the molecule is CCCCCCCCCCCCCCCCCCCCCCCCCCCC.[Cl-].[NH4+]. The molecule has 30 heavy (non-hydrogen) atoms. The minimum atomic E-state index is 0. The number of rotatable bonds is 25. The van der Waals surface area contributed by atoms with Crippen LogP contribution in [0.15, 0.2) is 0 Å². The van der Waals surface area contributed by atoms with Crippen LogP contribution in [0.25, 0.3) is 0 Å². The lowest BCUT2D eigenvalue weighted by Gasteiger charge is -2.04. The van der Waals surface area contributed by atoms with Crippen LogP contribution in [-0.2, 0) is 0 Å². The van der Waals surface area contributed by atoms with Gasteiger partial charge in [0.1, 0.15) is 0 Å². The molecule has 0 saturated heterocycles. The van der Waals surface area contributed by atoms with E-state index in [0.717, 1.165) is 0 Å². The Morgan fingerprint density at radius 2 is 0.333 bits per heavy atom. The largest absolute Gasteiger partial charge is 1.00 e. The van der Waals surface area contributed by atoms with Gasteiger partial charge in [-0.05, 0) is 0 Å². The van der Waals surface area contributed by atoms with Gasteiger partial charge in [0.15, 0.2) is 0 Å². The fourth-order valence-electron chi connectivity index (χ4n) is 4.39. The van der Waals surface area contributed by atoms with Gasteiger partial charge in [0, 0.05) is 0 Å². The van der Waals surface area contributed by atoms with Crippen LogP contribution >= 0.6 is 0 Å². The minimum absolute atomic E-state index is 0. The minimum Gasteiger partial charge on any atom is -1.00 e. The van der Waals surface area contributed by atoms with Crippen molar-refractivity contribution in [3.63, 3.8) is 0 Å². The van der Waals surface area contributed by atoms with E-state index in [1.807, 2.05) is 0 Å². The molecule has 186 valence electrons. The average molecular weight is 448 g/mol. The zero-order chi connectivity index (χ0) is 20.4. The molecule has 0 bridgehead atoms. The Balaban J connectivity index is -0.00000364. The molecule has 2 heteroatoms. The monoisotopic (exact) mass is 447 g/mol. The van der Waals surface area contributed by atoms with E-state index in [9.17, 15) is 0 Å². The second-order valence-corrected chi connectivity index (χ2v) is 9.49. The van der Waals surface area contributed by atoms with Crippen LogP contribution < -0.4 is 18.6 Å². The molecule has 0 heterocycles. The molecule has 0 fully saturated rings. The summed E-state index contributed by atoms with van der Waals surface area (Å²) in [7, 11) is 0. The van der Waals surface area contributed by atoms with E-state index >= 15 is 0 Å². The lowest BCUT2D eigenvalue weighted by atomic mass is 10.0. The molecule has 0 atom stereocenters. The summed E-state index contributed by atoms with van der Waals surface area (Å²) in [6.07, 6.45) is 38.4. The molecule has 0 aliphatic heterocycles. The Kier molecular flexibility index (Phi) is 39.4. The van der Waals surface area contributed by atoms with Crippen molar-refractivity contribution < 1.29 is 12.4 Å². The van der Waals surface area contributed by atoms with Crippen LogP contribution in [0.2, 0.25) is 0 Å². The first-order valence-electron chi connectivity index (χ1n) is 13.9. The Labute approximate surface area is 199 Å². The third kappa shape index (κ3) is 32.9. The van der Waals surface area contributed by atoms with Gasteiger partial charge in [-0.3, -0.25) is 0 Å². The van der Waals surface area contributed by atoms with Crippen LogP contribution in [0.5, 0.6) is 0 Å². The molecule has 1 nitrogen and oxygen atoms in total. The molecular formula is C28H62ClN. The third-order valence-electron chi connectivity index (χ3n) is 6.46. The topological polar surface area (TPSA) is 36.5 Å². The van der Waals surface area contributed by atoms with E-state index in [1.165, 1.54) is 167 Å². The van der Waals surface area contributed by atoms with Crippen molar-refractivity contribution in [2.45, 2.75) is 181 Å². The lowest BCUT2D eigenvalue weighted by molar-refractivity contribution is -0.00000679. The Morgan fingerprint density at radius 1 is 0.233 bits per heavy atom. The van der Waals surface area contributed by atoms with Gasteiger partial charge < -0.3 is 18.6 Å². The van der Waals surface area contributed by atoms with Gasteiger partial charge in [0.25, 0.3) is 0 Å². The van der Waals surface area contributed by atoms with Crippen LogP contribution in [-0.4, -0.2) is 0 Å². The van der Waals surface area contributed by atoms with Crippen molar-refractivity contribution in [3.05, 3.63) is 0 Å². The summed E-state index contributed by atoms with van der Waals surface area (Å²) in [6.45, 7) is 4.61. The van der Waals surface area contributed by atoms with Crippen molar-refractivity contribution in [1.29, 1.82) is 0 Å². The van der Waals surface area contributed by atoms with Gasteiger partial charge in [-0.1, -0.05) is 181 Å². The first kappa shape index (κ1) is 34.9. The molecule has 0 amide bonds. The van der Waals surface area contributed by atoms with Crippen LogP contribution in [0, 0.1) is 0 Å². The standard InChI is InChI=1S/C28H58.ClH.H3N/c1-3-5-7-9-11-13-15-17-19-21-23-25-27-28-26-24-22-20-18-16-14-12-10-8-6-4-2;;/h3-28H2,1-2H3;1H;1H3. The molecule has 4 N–H and O–H groups in total. The highest BCUT2D eigenvalue weighted by molar-refractivity contribution is 4.51. The zero-order valence-electron chi connectivity index (χ0n) is 21.8. The summed E-state index contributed by atoms with van der Waals surface area (Å²) in [4.78, 5) is 0. The molecule has 0 aromatic rings. The first-order valence-corrected chi connectivity index (χ1v) is 13.9. The van der Waals surface area contributed by atoms with Gasteiger partial charge >= 0.3 is 0 Å². The van der Waals surface area contributed by atoms with Gasteiger partial charge in [0.2, 0.25) is 0 Å². The highest BCUT2D eigenvalue weighted by atomic mass is 35.5. The molecule has 0 aliphatic carbocycles. The molecule has 0 aromatic carbocycles. The number of unbranched alkanes of at least 4 members (excludes halogenated alkanes) is 25. The van der Waals surface area contributed by atoms with E-state index in [4.69, 9.17) is 0 Å². The van der Waals surface area contributed by atoms with E-state index in [1.54, 1.807) is 0 Å². The molecule has 0 aromatic heterocycles. The first-order chi connectivity index (χ1) is 13.9. The lowest BCUT2D eigenvalue weighted by Crippen LogP contribution is -3.00.